The quantitative estimate of drug-likeness (QED) is 0.101. The molecule has 0 N–H and O–H groups in total. The van der Waals surface area contributed by atoms with Crippen LogP contribution in [0.1, 0.15) is 23.2 Å². The SMILES string of the molecule is C=CCCOC(=O)c1ccccc1-c1c2cc(Cl)c(=O)cc-2oc2cc(OCCC=C)c(Cl)cc12. The van der Waals surface area contributed by atoms with E-state index in [1.165, 1.54) is 6.07 Å². The number of carbonyl (C=O) groups is 1. The van der Waals surface area contributed by atoms with Crippen LogP contribution in [0.15, 0.2) is 83.1 Å². The largest absolute Gasteiger partial charge is 0.492 e. The number of esters is 1. The molecule has 178 valence electrons. The Hall–Kier alpha value is -3.54. The monoisotopic (exact) mass is 508 g/mol. The standard InChI is InChI=1S/C28H22Cl2O5/c1-3-5-11-33-26-16-25-20(14-22(26)30)27(19-13-21(29)23(31)15-24(19)35-25)17-9-7-8-10-18(17)28(32)34-12-6-4-2/h3-4,7-10,13-16H,1-2,5-6,11-12H2. The highest BCUT2D eigenvalue weighted by Crippen LogP contribution is 2.44. The summed E-state index contributed by atoms with van der Waals surface area (Å²) < 4.78 is 17.3. The molecule has 0 atom stereocenters. The van der Waals surface area contributed by atoms with Gasteiger partial charge in [-0.25, -0.2) is 4.79 Å². The third kappa shape index (κ3) is 5.11. The van der Waals surface area contributed by atoms with Crippen LogP contribution in [-0.2, 0) is 4.74 Å². The second kappa shape index (κ2) is 10.8. The maximum Gasteiger partial charge on any atom is 0.338 e. The number of ether oxygens (including phenoxy) is 2. The minimum Gasteiger partial charge on any atom is -0.492 e. The summed E-state index contributed by atoms with van der Waals surface area (Å²) in [6.07, 6.45) is 4.61. The zero-order chi connectivity index (χ0) is 24.9. The molecule has 0 bridgehead atoms. The Morgan fingerprint density at radius 2 is 1.69 bits per heavy atom. The van der Waals surface area contributed by atoms with Crippen LogP contribution in [0.4, 0.5) is 0 Å². The molecule has 1 heterocycles. The van der Waals surface area contributed by atoms with Crippen LogP contribution in [0.5, 0.6) is 5.75 Å². The van der Waals surface area contributed by atoms with Crippen molar-refractivity contribution in [3.8, 4) is 28.2 Å². The van der Waals surface area contributed by atoms with Crippen molar-refractivity contribution in [1.29, 1.82) is 0 Å². The summed E-state index contributed by atoms with van der Waals surface area (Å²) in [7, 11) is 0. The number of hydrogen-bond donors (Lipinski definition) is 0. The van der Waals surface area contributed by atoms with Crippen molar-refractivity contribution in [1.82, 2.24) is 0 Å². The van der Waals surface area contributed by atoms with Gasteiger partial charge in [-0.1, -0.05) is 53.6 Å². The molecule has 4 rings (SSSR count). The molecule has 0 radical (unpaired) electrons. The van der Waals surface area contributed by atoms with Gasteiger partial charge in [0.15, 0.2) is 0 Å². The molecular formula is C28H22Cl2O5. The van der Waals surface area contributed by atoms with E-state index >= 15 is 0 Å². The Morgan fingerprint density at radius 3 is 2.46 bits per heavy atom. The smallest absolute Gasteiger partial charge is 0.338 e. The van der Waals surface area contributed by atoms with Crippen LogP contribution < -0.4 is 10.2 Å². The Bertz CT molecular complexity index is 1450. The van der Waals surface area contributed by atoms with Crippen LogP contribution in [0.3, 0.4) is 0 Å². The molecule has 7 heteroatoms. The Labute approximate surface area is 212 Å². The molecule has 0 spiro atoms. The molecule has 0 saturated carbocycles. The summed E-state index contributed by atoms with van der Waals surface area (Å²) >= 11 is 12.8. The first-order valence-corrected chi connectivity index (χ1v) is 11.7. The first-order valence-electron chi connectivity index (χ1n) is 10.9. The Balaban J connectivity index is 1.99. The number of fused-ring (bicyclic) bond motifs is 2. The lowest BCUT2D eigenvalue weighted by atomic mass is 9.90. The fraction of sp³-hybridized carbons (Fsp3) is 0.143. The third-order valence-corrected chi connectivity index (χ3v) is 5.97. The molecule has 0 unspecified atom stereocenters. The Morgan fingerprint density at radius 1 is 0.943 bits per heavy atom. The van der Waals surface area contributed by atoms with E-state index in [9.17, 15) is 9.59 Å². The molecule has 1 aliphatic carbocycles. The zero-order valence-corrected chi connectivity index (χ0v) is 20.3. The molecule has 0 aromatic heterocycles. The van der Waals surface area contributed by atoms with E-state index in [0.29, 0.717) is 69.2 Å². The summed E-state index contributed by atoms with van der Waals surface area (Å²) in [4.78, 5) is 25.3. The van der Waals surface area contributed by atoms with Crippen LogP contribution in [0.25, 0.3) is 33.4 Å². The average molecular weight is 509 g/mol. The van der Waals surface area contributed by atoms with Crippen LogP contribution >= 0.6 is 23.2 Å². The van der Waals surface area contributed by atoms with Crippen LogP contribution in [-0.4, -0.2) is 19.2 Å². The first kappa shape index (κ1) is 24.6. The fourth-order valence-electron chi connectivity index (χ4n) is 3.74. The highest BCUT2D eigenvalue weighted by atomic mass is 35.5. The van der Waals surface area contributed by atoms with Crippen molar-refractivity contribution in [2.45, 2.75) is 12.8 Å². The number of benzene rings is 3. The minimum atomic E-state index is -0.480. The lowest BCUT2D eigenvalue weighted by molar-refractivity contribution is 0.0512. The molecule has 2 aliphatic rings. The number of halogens is 2. The van der Waals surface area contributed by atoms with E-state index in [1.807, 2.05) is 6.07 Å². The van der Waals surface area contributed by atoms with E-state index in [0.717, 1.165) is 0 Å². The second-order valence-corrected chi connectivity index (χ2v) is 8.53. The topological polar surface area (TPSA) is 65.7 Å². The minimum absolute atomic E-state index is 0.0369. The van der Waals surface area contributed by atoms with Gasteiger partial charge in [-0.3, -0.25) is 4.79 Å². The maximum absolute atomic E-state index is 13.0. The van der Waals surface area contributed by atoms with Gasteiger partial charge in [0.2, 0.25) is 5.43 Å². The Kier molecular flexibility index (Phi) is 7.59. The van der Waals surface area contributed by atoms with E-state index < -0.39 is 5.97 Å². The molecular weight excluding hydrogens is 487 g/mol. The summed E-state index contributed by atoms with van der Waals surface area (Å²) in [5.74, 6) is 0.270. The van der Waals surface area contributed by atoms with E-state index in [2.05, 4.69) is 13.2 Å². The summed E-state index contributed by atoms with van der Waals surface area (Å²) in [5, 5.41) is 1.03. The lowest BCUT2D eigenvalue weighted by Gasteiger charge is -2.18. The predicted octanol–water partition coefficient (Wildman–Crippen LogP) is 7.56. The molecule has 2 aromatic carbocycles. The van der Waals surface area contributed by atoms with Gasteiger partial charge in [-0.05, 0) is 36.6 Å². The van der Waals surface area contributed by atoms with Gasteiger partial charge in [0.05, 0.1) is 28.8 Å². The molecule has 35 heavy (non-hydrogen) atoms. The number of carbonyl (C=O) groups excluding carboxylic acids is 1. The molecule has 2 aromatic rings. The van der Waals surface area contributed by atoms with Crippen molar-refractivity contribution in [2.24, 2.45) is 0 Å². The molecule has 1 aliphatic heterocycles. The van der Waals surface area contributed by atoms with Crippen molar-refractivity contribution >= 4 is 40.1 Å². The van der Waals surface area contributed by atoms with E-state index in [1.54, 1.807) is 48.6 Å². The van der Waals surface area contributed by atoms with E-state index in [4.69, 9.17) is 37.1 Å². The molecule has 5 nitrogen and oxygen atoms in total. The average Bonchev–Trinajstić information content (AvgIpc) is 2.84. The number of hydrogen-bond acceptors (Lipinski definition) is 5. The number of rotatable bonds is 9. The van der Waals surface area contributed by atoms with Gasteiger partial charge in [0.1, 0.15) is 17.1 Å². The first-order chi connectivity index (χ1) is 16.9. The van der Waals surface area contributed by atoms with Gasteiger partial charge >= 0.3 is 5.97 Å². The zero-order valence-electron chi connectivity index (χ0n) is 18.8. The van der Waals surface area contributed by atoms with Gasteiger partial charge in [0.25, 0.3) is 0 Å². The highest BCUT2D eigenvalue weighted by Gasteiger charge is 2.24. The molecule has 0 amide bonds. The van der Waals surface area contributed by atoms with Gasteiger partial charge < -0.3 is 13.9 Å². The van der Waals surface area contributed by atoms with Gasteiger partial charge in [-0.2, -0.15) is 0 Å². The van der Waals surface area contributed by atoms with Crippen LogP contribution in [0, 0.1) is 0 Å². The van der Waals surface area contributed by atoms with Crippen molar-refractivity contribution in [2.75, 3.05) is 13.2 Å². The molecule has 0 fully saturated rings. The van der Waals surface area contributed by atoms with Gasteiger partial charge in [0, 0.05) is 28.6 Å². The maximum atomic E-state index is 13.0. The third-order valence-electron chi connectivity index (χ3n) is 5.38. The molecule has 0 saturated heterocycles. The highest BCUT2D eigenvalue weighted by molar-refractivity contribution is 6.33. The predicted molar refractivity (Wildman–Crippen MR) is 140 cm³/mol. The van der Waals surface area contributed by atoms with Crippen molar-refractivity contribution < 1.29 is 18.7 Å². The summed E-state index contributed by atoms with van der Waals surface area (Å²) in [5.41, 5.74) is 2.20. The van der Waals surface area contributed by atoms with Crippen LogP contribution in [0.2, 0.25) is 10.0 Å². The fourth-order valence-corrected chi connectivity index (χ4v) is 4.12. The summed E-state index contributed by atoms with van der Waals surface area (Å²) in [6.45, 7) is 7.95. The van der Waals surface area contributed by atoms with Crippen molar-refractivity contribution in [3.63, 3.8) is 0 Å². The van der Waals surface area contributed by atoms with Crippen molar-refractivity contribution in [3.05, 3.63) is 99.7 Å². The summed E-state index contributed by atoms with van der Waals surface area (Å²) in [6, 6.07) is 13.3. The van der Waals surface area contributed by atoms with E-state index in [-0.39, 0.29) is 17.1 Å². The normalized spacial score (nSPS) is 10.9. The van der Waals surface area contributed by atoms with Gasteiger partial charge in [-0.15, -0.1) is 13.2 Å². The lowest BCUT2D eigenvalue weighted by Crippen LogP contribution is -2.09. The second-order valence-electron chi connectivity index (χ2n) is 7.72.